The van der Waals surface area contributed by atoms with Crippen LogP contribution in [0.15, 0.2) is 60.7 Å². The van der Waals surface area contributed by atoms with Gasteiger partial charge in [0, 0.05) is 0 Å². The van der Waals surface area contributed by atoms with Crippen LogP contribution in [-0.4, -0.2) is 0 Å². The summed E-state index contributed by atoms with van der Waals surface area (Å²) in [5.74, 6) is 0. The van der Waals surface area contributed by atoms with Crippen LogP contribution in [0.5, 0.6) is 0 Å². The predicted octanol–water partition coefficient (Wildman–Crippen LogP) is 6.16. The molecule has 0 saturated carbocycles. The number of allylic oxidation sites excluding steroid dienone is 1. The summed E-state index contributed by atoms with van der Waals surface area (Å²) in [5, 5.41) is 2.68. The summed E-state index contributed by atoms with van der Waals surface area (Å²) in [6.07, 6.45) is 4.36. The van der Waals surface area contributed by atoms with Crippen molar-refractivity contribution in [2.75, 3.05) is 0 Å². The number of fused-ring (bicyclic) bond motifs is 1. The van der Waals surface area contributed by atoms with E-state index in [9.17, 15) is 0 Å². The Kier molecular flexibility index (Phi) is 3.62. The Hall–Kier alpha value is -2.34. The lowest BCUT2D eigenvalue weighted by Gasteiger charge is -2.17. The van der Waals surface area contributed by atoms with Crippen molar-refractivity contribution in [3.05, 3.63) is 77.4 Å². The van der Waals surface area contributed by atoms with Crippen molar-refractivity contribution in [2.45, 2.75) is 20.8 Å². The second kappa shape index (κ2) is 5.57. The average molecular weight is 272 g/mol. The number of rotatable bonds is 2. The zero-order chi connectivity index (χ0) is 14.8. The Labute approximate surface area is 126 Å². The van der Waals surface area contributed by atoms with E-state index in [0.29, 0.717) is 0 Å². The van der Waals surface area contributed by atoms with Crippen LogP contribution in [0.1, 0.15) is 23.6 Å². The molecule has 0 aromatic heterocycles. The van der Waals surface area contributed by atoms with Gasteiger partial charge in [-0.3, -0.25) is 0 Å². The molecule has 0 unspecified atom stereocenters. The Balaban J connectivity index is 2.51. The van der Waals surface area contributed by atoms with E-state index in [-0.39, 0.29) is 0 Å². The number of hydrogen-bond donors (Lipinski definition) is 0. The van der Waals surface area contributed by atoms with Gasteiger partial charge in [0.15, 0.2) is 0 Å². The zero-order valence-electron chi connectivity index (χ0n) is 12.9. The summed E-state index contributed by atoms with van der Waals surface area (Å²) in [7, 11) is 0. The molecule has 21 heavy (non-hydrogen) atoms. The molecule has 0 atom stereocenters. The topological polar surface area (TPSA) is 0 Å². The lowest BCUT2D eigenvalue weighted by atomic mass is 9.87. The molecule has 0 heterocycles. The van der Waals surface area contributed by atoms with Gasteiger partial charge in [-0.15, -0.1) is 0 Å². The van der Waals surface area contributed by atoms with Crippen LogP contribution in [0, 0.1) is 13.8 Å². The fourth-order valence-electron chi connectivity index (χ4n) is 3.06. The van der Waals surface area contributed by atoms with Crippen molar-refractivity contribution in [3.8, 4) is 11.1 Å². The van der Waals surface area contributed by atoms with Crippen LogP contribution in [0.2, 0.25) is 0 Å². The van der Waals surface area contributed by atoms with Gasteiger partial charge in [0.2, 0.25) is 0 Å². The molecule has 0 bridgehead atoms. The Morgan fingerprint density at radius 3 is 2.00 bits per heavy atom. The van der Waals surface area contributed by atoms with Gasteiger partial charge in [0.25, 0.3) is 0 Å². The van der Waals surface area contributed by atoms with Gasteiger partial charge in [0.05, 0.1) is 0 Å². The van der Waals surface area contributed by atoms with Gasteiger partial charge in [0.1, 0.15) is 0 Å². The van der Waals surface area contributed by atoms with Crippen molar-refractivity contribution >= 4 is 16.8 Å². The first-order chi connectivity index (χ1) is 10.2. The van der Waals surface area contributed by atoms with Crippen molar-refractivity contribution < 1.29 is 0 Å². The van der Waals surface area contributed by atoms with Gasteiger partial charge in [-0.1, -0.05) is 66.7 Å². The van der Waals surface area contributed by atoms with E-state index in [4.69, 9.17) is 0 Å². The quantitative estimate of drug-likeness (QED) is 0.524. The standard InChI is InChI=1S/C21H20/c1-4-10-19-16(3)15(2)18-13-8-9-14-20(18)21(19)17-11-6-5-7-12-17/h4-14H,1-3H3/b10-4-. The van der Waals surface area contributed by atoms with Gasteiger partial charge < -0.3 is 0 Å². The summed E-state index contributed by atoms with van der Waals surface area (Å²) >= 11 is 0. The van der Waals surface area contributed by atoms with Crippen LogP contribution in [0.25, 0.3) is 28.0 Å². The van der Waals surface area contributed by atoms with E-state index in [1.165, 1.54) is 38.6 Å². The first kappa shape index (κ1) is 13.6. The molecule has 0 saturated heterocycles. The van der Waals surface area contributed by atoms with Crippen LogP contribution < -0.4 is 0 Å². The smallest absolute Gasteiger partial charge is 0.00301 e. The molecule has 104 valence electrons. The highest BCUT2D eigenvalue weighted by Gasteiger charge is 2.13. The minimum Gasteiger partial charge on any atom is -0.0870 e. The van der Waals surface area contributed by atoms with Gasteiger partial charge in [-0.2, -0.15) is 0 Å². The minimum absolute atomic E-state index is 1.28. The maximum Gasteiger partial charge on any atom is -0.00301 e. The Bertz CT molecular complexity index is 808. The molecular weight excluding hydrogens is 252 g/mol. The lowest BCUT2D eigenvalue weighted by Crippen LogP contribution is -1.94. The monoisotopic (exact) mass is 272 g/mol. The van der Waals surface area contributed by atoms with Crippen LogP contribution in [0.3, 0.4) is 0 Å². The van der Waals surface area contributed by atoms with Crippen molar-refractivity contribution in [2.24, 2.45) is 0 Å². The number of benzene rings is 3. The van der Waals surface area contributed by atoms with Gasteiger partial charge in [-0.25, -0.2) is 0 Å². The first-order valence-electron chi connectivity index (χ1n) is 7.44. The highest BCUT2D eigenvalue weighted by molar-refractivity contribution is 6.03. The van der Waals surface area contributed by atoms with E-state index >= 15 is 0 Å². The molecule has 0 aliphatic carbocycles. The molecular formula is C21H20. The molecule has 0 aliphatic rings. The van der Waals surface area contributed by atoms with Crippen molar-refractivity contribution in [1.82, 2.24) is 0 Å². The van der Waals surface area contributed by atoms with E-state index in [2.05, 4.69) is 87.5 Å². The molecule has 0 radical (unpaired) electrons. The summed E-state index contributed by atoms with van der Waals surface area (Å²) in [6, 6.07) is 19.4. The number of aryl methyl sites for hydroxylation is 1. The number of hydrogen-bond acceptors (Lipinski definition) is 0. The Morgan fingerprint density at radius 2 is 1.33 bits per heavy atom. The maximum absolute atomic E-state index is 2.23. The fourth-order valence-corrected chi connectivity index (χ4v) is 3.06. The normalized spacial score (nSPS) is 11.4. The molecule has 0 fully saturated rings. The van der Waals surface area contributed by atoms with Crippen LogP contribution in [-0.2, 0) is 0 Å². The fraction of sp³-hybridized carbons (Fsp3) is 0.143. The third-order valence-electron chi connectivity index (χ3n) is 4.23. The molecule has 0 nitrogen and oxygen atoms in total. The van der Waals surface area contributed by atoms with Crippen LogP contribution in [0.4, 0.5) is 0 Å². The van der Waals surface area contributed by atoms with Crippen LogP contribution >= 0.6 is 0 Å². The first-order valence-corrected chi connectivity index (χ1v) is 7.44. The second-order valence-corrected chi connectivity index (χ2v) is 5.45. The molecule has 3 rings (SSSR count). The third kappa shape index (κ3) is 2.27. The second-order valence-electron chi connectivity index (χ2n) is 5.45. The zero-order valence-corrected chi connectivity index (χ0v) is 12.9. The summed E-state index contributed by atoms with van der Waals surface area (Å²) < 4.78 is 0. The highest BCUT2D eigenvalue weighted by Crippen LogP contribution is 2.37. The van der Waals surface area contributed by atoms with E-state index in [1.54, 1.807) is 0 Å². The molecule has 0 amide bonds. The van der Waals surface area contributed by atoms with Crippen molar-refractivity contribution in [1.29, 1.82) is 0 Å². The molecule has 0 N–H and O–H groups in total. The summed E-state index contributed by atoms with van der Waals surface area (Å²) in [4.78, 5) is 0. The third-order valence-corrected chi connectivity index (χ3v) is 4.23. The van der Waals surface area contributed by atoms with Gasteiger partial charge in [-0.05, 0) is 59.4 Å². The predicted molar refractivity (Wildman–Crippen MR) is 93.6 cm³/mol. The maximum atomic E-state index is 2.23. The van der Waals surface area contributed by atoms with Crippen molar-refractivity contribution in [3.63, 3.8) is 0 Å². The molecule has 0 spiro atoms. The average Bonchev–Trinajstić information content (AvgIpc) is 2.54. The SMILES string of the molecule is C/C=C\c1c(C)c(C)c2ccccc2c1-c1ccccc1. The minimum atomic E-state index is 1.28. The Morgan fingerprint density at radius 1 is 0.714 bits per heavy atom. The lowest BCUT2D eigenvalue weighted by molar-refractivity contribution is 1.36. The summed E-state index contributed by atoms with van der Waals surface area (Å²) in [6.45, 7) is 6.53. The van der Waals surface area contributed by atoms with E-state index in [0.717, 1.165) is 0 Å². The highest BCUT2D eigenvalue weighted by atomic mass is 14.2. The molecule has 3 aromatic carbocycles. The van der Waals surface area contributed by atoms with Gasteiger partial charge >= 0.3 is 0 Å². The molecule has 3 aromatic rings. The van der Waals surface area contributed by atoms with E-state index in [1.807, 2.05) is 0 Å². The largest absolute Gasteiger partial charge is 0.0870 e. The molecule has 0 heteroatoms. The molecule has 0 aliphatic heterocycles. The summed E-state index contributed by atoms with van der Waals surface area (Å²) in [5.41, 5.74) is 6.70. The van der Waals surface area contributed by atoms with E-state index < -0.39 is 0 Å².